The van der Waals surface area contributed by atoms with Crippen molar-refractivity contribution in [3.05, 3.63) is 53.0 Å². The molecule has 9 heteroatoms. The first-order chi connectivity index (χ1) is 13.1. The minimum atomic E-state index is -0.955. The summed E-state index contributed by atoms with van der Waals surface area (Å²) in [6.07, 6.45) is 0.595. The van der Waals surface area contributed by atoms with Crippen molar-refractivity contribution >= 4 is 50.7 Å². The van der Waals surface area contributed by atoms with Gasteiger partial charge in [-0.05, 0) is 36.6 Å². The smallest absolute Gasteiger partial charge is 0.338 e. The molecule has 2 N–H and O–H groups in total. The molecule has 4 rings (SSSR count). The molecule has 27 heavy (non-hydrogen) atoms. The molecule has 3 aromatic heterocycles. The number of benzene rings is 1. The molecule has 4 aromatic rings. The highest BCUT2D eigenvalue weighted by atomic mass is 32.1. The van der Waals surface area contributed by atoms with Crippen molar-refractivity contribution in [2.24, 2.45) is 0 Å². The molecule has 0 aliphatic heterocycles. The largest absolute Gasteiger partial charge is 0.449 e. The molecule has 1 amide bonds. The number of rotatable bonds is 5. The third-order valence-electron chi connectivity index (χ3n) is 3.82. The van der Waals surface area contributed by atoms with E-state index >= 15 is 0 Å². The van der Waals surface area contributed by atoms with Gasteiger partial charge in [0.15, 0.2) is 11.2 Å². The molecule has 1 unspecified atom stereocenters. The van der Waals surface area contributed by atoms with Crippen LogP contribution < -0.4 is 5.32 Å². The lowest BCUT2D eigenvalue weighted by Crippen LogP contribution is -2.29. The molecule has 0 spiro atoms. The Balaban J connectivity index is 1.39. The molecule has 136 valence electrons. The SMILES string of the molecule is CC(OC(=O)c1ccc2nc[nH]c2c1)C(=O)Nc1nc(-c2cccs2)cs1. The van der Waals surface area contributed by atoms with E-state index in [2.05, 4.69) is 20.3 Å². The van der Waals surface area contributed by atoms with E-state index in [9.17, 15) is 9.59 Å². The molecule has 0 bridgehead atoms. The van der Waals surface area contributed by atoms with E-state index in [0.29, 0.717) is 10.7 Å². The fraction of sp³-hybridized carbons (Fsp3) is 0.111. The first-order valence-electron chi connectivity index (χ1n) is 8.04. The lowest BCUT2D eigenvalue weighted by atomic mass is 10.2. The first-order valence-corrected chi connectivity index (χ1v) is 9.80. The Hall–Kier alpha value is -3.04. The number of nitrogens with zero attached hydrogens (tertiary/aromatic N) is 2. The molecule has 0 saturated carbocycles. The molecule has 3 heterocycles. The highest BCUT2D eigenvalue weighted by Crippen LogP contribution is 2.28. The highest BCUT2D eigenvalue weighted by Gasteiger charge is 2.20. The molecule has 0 radical (unpaired) electrons. The van der Waals surface area contributed by atoms with Crippen molar-refractivity contribution in [1.29, 1.82) is 0 Å². The second kappa shape index (κ2) is 7.29. The zero-order chi connectivity index (χ0) is 18.8. The Morgan fingerprint density at radius 1 is 1.26 bits per heavy atom. The van der Waals surface area contributed by atoms with Crippen LogP contribution in [0.5, 0.6) is 0 Å². The van der Waals surface area contributed by atoms with Gasteiger partial charge in [0.1, 0.15) is 0 Å². The number of esters is 1. The van der Waals surface area contributed by atoms with Crippen LogP contribution in [0.2, 0.25) is 0 Å². The quantitative estimate of drug-likeness (QED) is 0.497. The molecule has 0 aliphatic rings. The predicted octanol–water partition coefficient (Wildman–Crippen LogP) is 3.93. The number of thiophene rings is 1. The van der Waals surface area contributed by atoms with Crippen molar-refractivity contribution in [1.82, 2.24) is 15.0 Å². The Morgan fingerprint density at radius 3 is 2.96 bits per heavy atom. The van der Waals surface area contributed by atoms with Crippen LogP contribution in [0.15, 0.2) is 47.4 Å². The number of ether oxygens (including phenoxy) is 1. The van der Waals surface area contributed by atoms with Gasteiger partial charge < -0.3 is 9.72 Å². The number of carbonyl (C=O) groups excluding carboxylic acids is 2. The van der Waals surface area contributed by atoms with Crippen LogP contribution in [0.4, 0.5) is 5.13 Å². The summed E-state index contributed by atoms with van der Waals surface area (Å²) < 4.78 is 5.27. The van der Waals surface area contributed by atoms with Gasteiger partial charge in [0, 0.05) is 5.38 Å². The number of imidazole rings is 1. The Bertz CT molecular complexity index is 1100. The summed E-state index contributed by atoms with van der Waals surface area (Å²) in [5.41, 5.74) is 2.64. The number of thiazole rings is 1. The monoisotopic (exact) mass is 398 g/mol. The number of aromatic nitrogens is 3. The molecule has 0 aliphatic carbocycles. The first kappa shape index (κ1) is 17.4. The van der Waals surface area contributed by atoms with Crippen LogP contribution in [-0.2, 0) is 9.53 Å². The number of hydrogen-bond donors (Lipinski definition) is 2. The Morgan fingerprint density at radius 2 is 2.15 bits per heavy atom. The van der Waals surface area contributed by atoms with Crippen LogP contribution in [0, 0.1) is 0 Å². The second-order valence-corrected chi connectivity index (χ2v) is 7.49. The maximum absolute atomic E-state index is 12.3. The molecule has 0 fully saturated rings. The van der Waals surface area contributed by atoms with Crippen LogP contribution in [0.25, 0.3) is 21.6 Å². The third-order valence-corrected chi connectivity index (χ3v) is 5.47. The van der Waals surface area contributed by atoms with E-state index < -0.39 is 18.0 Å². The number of carbonyl (C=O) groups is 2. The lowest BCUT2D eigenvalue weighted by Gasteiger charge is -2.12. The van der Waals surface area contributed by atoms with Gasteiger partial charge in [0.25, 0.3) is 5.91 Å². The number of hydrogen-bond acceptors (Lipinski definition) is 7. The summed E-state index contributed by atoms with van der Waals surface area (Å²) in [6.45, 7) is 1.52. The van der Waals surface area contributed by atoms with E-state index in [1.54, 1.807) is 35.9 Å². The number of amides is 1. The van der Waals surface area contributed by atoms with Gasteiger partial charge in [-0.2, -0.15) is 0 Å². The maximum atomic E-state index is 12.3. The number of nitrogens with one attached hydrogen (secondary N) is 2. The fourth-order valence-electron chi connectivity index (χ4n) is 2.42. The molecular weight excluding hydrogens is 384 g/mol. The van der Waals surface area contributed by atoms with Gasteiger partial charge in [-0.25, -0.2) is 14.8 Å². The van der Waals surface area contributed by atoms with Gasteiger partial charge in [0.05, 0.1) is 33.5 Å². The van der Waals surface area contributed by atoms with Crippen molar-refractivity contribution in [2.75, 3.05) is 5.32 Å². The summed E-state index contributed by atoms with van der Waals surface area (Å²) >= 11 is 2.90. The second-order valence-electron chi connectivity index (χ2n) is 5.69. The van der Waals surface area contributed by atoms with Gasteiger partial charge in [0.2, 0.25) is 0 Å². The molecule has 1 atom stereocenters. The van der Waals surface area contributed by atoms with E-state index in [-0.39, 0.29) is 0 Å². The van der Waals surface area contributed by atoms with Crippen molar-refractivity contribution < 1.29 is 14.3 Å². The zero-order valence-electron chi connectivity index (χ0n) is 14.1. The van der Waals surface area contributed by atoms with Gasteiger partial charge in [-0.15, -0.1) is 22.7 Å². The lowest BCUT2D eigenvalue weighted by molar-refractivity contribution is -0.123. The van der Waals surface area contributed by atoms with Crippen molar-refractivity contribution in [3.63, 3.8) is 0 Å². The number of fused-ring (bicyclic) bond motifs is 1. The summed E-state index contributed by atoms with van der Waals surface area (Å²) in [5, 5.41) is 6.99. The Kier molecular flexibility index (Phi) is 4.69. The number of aromatic amines is 1. The van der Waals surface area contributed by atoms with Crippen LogP contribution in [-0.4, -0.2) is 32.9 Å². The van der Waals surface area contributed by atoms with Crippen LogP contribution in [0.1, 0.15) is 17.3 Å². The molecular formula is C18H14N4O3S2. The summed E-state index contributed by atoms with van der Waals surface area (Å²) in [5.74, 6) is -1.01. The number of anilines is 1. The Labute approximate surface area is 162 Å². The average Bonchev–Trinajstić information content (AvgIpc) is 3.41. The van der Waals surface area contributed by atoms with Crippen molar-refractivity contribution in [3.8, 4) is 10.6 Å². The van der Waals surface area contributed by atoms with Crippen LogP contribution in [0.3, 0.4) is 0 Å². The normalized spacial score (nSPS) is 12.0. The van der Waals surface area contributed by atoms with E-state index in [4.69, 9.17) is 4.74 Å². The average molecular weight is 398 g/mol. The van der Waals surface area contributed by atoms with Gasteiger partial charge in [-0.3, -0.25) is 10.1 Å². The zero-order valence-corrected chi connectivity index (χ0v) is 15.8. The summed E-state index contributed by atoms with van der Waals surface area (Å²) in [6, 6.07) is 8.88. The summed E-state index contributed by atoms with van der Waals surface area (Å²) in [4.78, 5) is 37.0. The maximum Gasteiger partial charge on any atom is 0.338 e. The number of H-pyrrole nitrogens is 1. The van der Waals surface area contributed by atoms with E-state index in [0.717, 1.165) is 21.6 Å². The minimum absolute atomic E-state index is 0.348. The topological polar surface area (TPSA) is 97.0 Å². The summed E-state index contributed by atoms with van der Waals surface area (Å²) in [7, 11) is 0. The molecule has 0 saturated heterocycles. The van der Waals surface area contributed by atoms with Gasteiger partial charge in [-0.1, -0.05) is 6.07 Å². The fourth-order valence-corrected chi connectivity index (χ4v) is 3.89. The van der Waals surface area contributed by atoms with Gasteiger partial charge >= 0.3 is 5.97 Å². The van der Waals surface area contributed by atoms with Crippen LogP contribution >= 0.6 is 22.7 Å². The molecule has 1 aromatic carbocycles. The highest BCUT2D eigenvalue weighted by molar-refractivity contribution is 7.16. The molecule has 7 nitrogen and oxygen atoms in total. The predicted molar refractivity (Wildman–Crippen MR) is 105 cm³/mol. The third kappa shape index (κ3) is 3.74. The van der Waals surface area contributed by atoms with E-state index in [1.165, 1.54) is 18.3 Å². The van der Waals surface area contributed by atoms with Crippen molar-refractivity contribution in [2.45, 2.75) is 13.0 Å². The minimum Gasteiger partial charge on any atom is -0.449 e. The van der Waals surface area contributed by atoms with E-state index in [1.807, 2.05) is 22.9 Å². The standard InChI is InChI=1S/C18H14N4O3S2/c1-10(25-17(24)11-4-5-12-13(7-11)20-9-19-12)16(23)22-18-21-14(8-27-18)15-3-2-6-26-15/h2-10H,1H3,(H,19,20)(H,21,22,23).